The first-order valence-electron chi connectivity index (χ1n) is 4.56. The monoisotopic (exact) mass is 168 g/mol. The van der Waals surface area contributed by atoms with Crippen molar-refractivity contribution in [2.24, 2.45) is 5.92 Å². The lowest BCUT2D eigenvalue weighted by Gasteiger charge is -2.07. The van der Waals surface area contributed by atoms with Crippen molar-refractivity contribution in [3.8, 4) is 0 Å². The number of methoxy groups -OCH3 is 1. The number of carbonyl (C=O) groups is 1. The van der Waals surface area contributed by atoms with E-state index >= 15 is 0 Å². The molecule has 1 atom stereocenters. The Hall–Kier alpha value is -0.790. The van der Waals surface area contributed by atoms with Gasteiger partial charge < -0.3 is 4.74 Å². The van der Waals surface area contributed by atoms with Gasteiger partial charge in [0.25, 0.3) is 0 Å². The summed E-state index contributed by atoms with van der Waals surface area (Å²) in [6.07, 6.45) is 6.35. The maximum atomic E-state index is 10.9. The van der Waals surface area contributed by atoms with Crippen molar-refractivity contribution in [3.63, 3.8) is 0 Å². The Balaban J connectivity index is 2.60. The third-order valence-electron chi connectivity index (χ3n) is 2.54. The number of carbonyl (C=O) groups excluding carboxylic acids is 1. The summed E-state index contributed by atoms with van der Waals surface area (Å²) in [6.45, 7) is 2.17. The molecule has 1 unspecified atom stereocenters. The van der Waals surface area contributed by atoms with Crippen LogP contribution in [-0.4, -0.2) is 13.1 Å². The normalized spacial score (nSPS) is 26.2. The highest BCUT2D eigenvalue weighted by Crippen LogP contribution is 2.32. The Bertz CT molecular complexity index is 194. The van der Waals surface area contributed by atoms with Crippen LogP contribution >= 0.6 is 0 Å². The van der Waals surface area contributed by atoms with Gasteiger partial charge in [0.05, 0.1) is 7.11 Å². The van der Waals surface area contributed by atoms with Crippen molar-refractivity contribution in [3.05, 3.63) is 11.6 Å². The summed E-state index contributed by atoms with van der Waals surface area (Å²) in [4.78, 5) is 10.9. The molecule has 0 bridgehead atoms. The van der Waals surface area contributed by atoms with Crippen molar-refractivity contribution in [1.29, 1.82) is 0 Å². The molecule has 0 heterocycles. The third kappa shape index (κ3) is 2.10. The van der Waals surface area contributed by atoms with Crippen LogP contribution in [0.15, 0.2) is 11.6 Å². The first kappa shape index (κ1) is 9.30. The van der Waals surface area contributed by atoms with Gasteiger partial charge in [0, 0.05) is 6.08 Å². The Morgan fingerprint density at radius 3 is 3.08 bits per heavy atom. The average Bonchev–Trinajstić information content (AvgIpc) is 2.51. The van der Waals surface area contributed by atoms with E-state index in [1.165, 1.54) is 25.5 Å². The fraction of sp³-hybridized carbons (Fsp3) is 0.700. The molecule has 1 saturated carbocycles. The maximum Gasteiger partial charge on any atom is 0.330 e. The molecule has 0 N–H and O–H groups in total. The van der Waals surface area contributed by atoms with Crippen LogP contribution in [-0.2, 0) is 9.53 Å². The molecule has 1 rings (SSSR count). The third-order valence-corrected chi connectivity index (χ3v) is 2.54. The van der Waals surface area contributed by atoms with Gasteiger partial charge in [0.15, 0.2) is 0 Å². The molecule has 0 amide bonds. The highest BCUT2D eigenvalue weighted by Gasteiger charge is 2.19. The van der Waals surface area contributed by atoms with Crippen molar-refractivity contribution in [2.75, 3.05) is 7.11 Å². The quantitative estimate of drug-likeness (QED) is 0.467. The number of allylic oxidation sites excluding steroid dienone is 1. The lowest BCUT2D eigenvalue weighted by Crippen LogP contribution is -2.00. The van der Waals surface area contributed by atoms with E-state index in [1.807, 2.05) is 0 Å². The fourth-order valence-corrected chi connectivity index (χ4v) is 1.81. The van der Waals surface area contributed by atoms with Gasteiger partial charge in [-0.1, -0.05) is 12.5 Å². The van der Waals surface area contributed by atoms with Crippen LogP contribution in [0, 0.1) is 5.92 Å². The molecular weight excluding hydrogens is 152 g/mol. The molecule has 12 heavy (non-hydrogen) atoms. The van der Waals surface area contributed by atoms with Crippen LogP contribution < -0.4 is 0 Å². The van der Waals surface area contributed by atoms with Crippen LogP contribution in [0.25, 0.3) is 0 Å². The molecule has 1 aliphatic rings. The molecule has 1 aliphatic carbocycles. The van der Waals surface area contributed by atoms with Crippen LogP contribution in [0.1, 0.15) is 32.6 Å². The number of hydrogen-bond acceptors (Lipinski definition) is 2. The molecule has 0 saturated heterocycles. The zero-order chi connectivity index (χ0) is 8.97. The summed E-state index contributed by atoms with van der Waals surface area (Å²) < 4.78 is 4.59. The van der Waals surface area contributed by atoms with E-state index in [-0.39, 0.29) is 5.97 Å². The topological polar surface area (TPSA) is 26.3 Å². The SMILES string of the molecule is CCC1CCC/C1=C\C(=O)OC. The Labute approximate surface area is 73.6 Å². The van der Waals surface area contributed by atoms with Gasteiger partial charge in [-0.25, -0.2) is 4.79 Å². The highest BCUT2D eigenvalue weighted by atomic mass is 16.5. The summed E-state index contributed by atoms with van der Waals surface area (Å²) in [5.41, 5.74) is 1.28. The zero-order valence-corrected chi connectivity index (χ0v) is 7.80. The molecule has 68 valence electrons. The molecule has 0 aromatic heterocycles. The predicted octanol–water partition coefficient (Wildman–Crippen LogP) is 2.30. The molecule has 2 nitrogen and oxygen atoms in total. The van der Waals surface area contributed by atoms with Crippen molar-refractivity contribution in [2.45, 2.75) is 32.6 Å². The summed E-state index contributed by atoms with van der Waals surface area (Å²) in [6, 6.07) is 0. The van der Waals surface area contributed by atoms with Crippen LogP contribution in [0.4, 0.5) is 0 Å². The minimum absolute atomic E-state index is 0.203. The smallest absolute Gasteiger partial charge is 0.330 e. The Morgan fingerprint density at radius 1 is 1.75 bits per heavy atom. The fourth-order valence-electron chi connectivity index (χ4n) is 1.81. The second-order valence-electron chi connectivity index (χ2n) is 3.24. The van der Waals surface area contributed by atoms with E-state index < -0.39 is 0 Å². The summed E-state index contributed by atoms with van der Waals surface area (Å²) in [5, 5.41) is 0. The number of hydrogen-bond donors (Lipinski definition) is 0. The van der Waals surface area contributed by atoms with Crippen molar-refractivity contribution < 1.29 is 9.53 Å². The molecule has 0 aromatic rings. The standard InChI is InChI=1S/C10H16O2/c1-3-8-5-4-6-9(8)7-10(11)12-2/h7-8H,3-6H2,1-2H3/b9-7+. The molecule has 1 fully saturated rings. The van der Waals surface area contributed by atoms with Gasteiger partial charge in [-0.15, -0.1) is 0 Å². The Kier molecular flexibility index (Phi) is 3.32. The molecule has 0 aliphatic heterocycles. The summed E-state index contributed by atoms with van der Waals surface area (Å²) in [5.74, 6) is 0.425. The summed E-state index contributed by atoms with van der Waals surface area (Å²) in [7, 11) is 1.43. The van der Waals surface area contributed by atoms with E-state index in [2.05, 4.69) is 11.7 Å². The second kappa shape index (κ2) is 4.29. The van der Waals surface area contributed by atoms with E-state index in [0.29, 0.717) is 5.92 Å². The van der Waals surface area contributed by atoms with Gasteiger partial charge in [-0.3, -0.25) is 0 Å². The lowest BCUT2D eigenvalue weighted by molar-refractivity contribution is -0.134. The minimum atomic E-state index is -0.203. The number of ether oxygens (including phenoxy) is 1. The van der Waals surface area contributed by atoms with Gasteiger partial charge in [0.1, 0.15) is 0 Å². The van der Waals surface area contributed by atoms with Crippen molar-refractivity contribution in [1.82, 2.24) is 0 Å². The van der Waals surface area contributed by atoms with E-state index in [9.17, 15) is 4.79 Å². The predicted molar refractivity (Wildman–Crippen MR) is 47.7 cm³/mol. The van der Waals surface area contributed by atoms with Crippen molar-refractivity contribution >= 4 is 5.97 Å². The first-order chi connectivity index (χ1) is 5.77. The zero-order valence-electron chi connectivity index (χ0n) is 7.80. The van der Waals surface area contributed by atoms with E-state index in [4.69, 9.17) is 0 Å². The van der Waals surface area contributed by atoms with Crippen LogP contribution in [0.5, 0.6) is 0 Å². The first-order valence-corrected chi connectivity index (χ1v) is 4.56. The van der Waals surface area contributed by atoms with Crippen LogP contribution in [0.2, 0.25) is 0 Å². The molecule has 0 aromatic carbocycles. The largest absolute Gasteiger partial charge is 0.466 e. The van der Waals surface area contributed by atoms with Crippen LogP contribution in [0.3, 0.4) is 0 Å². The second-order valence-corrected chi connectivity index (χ2v) is 3.24. The highest BCUT2D eigenvalue weighted by molar-refractivity contribution is 5.82. The molecule has 2 heteroatoms. The number of esters is 1. The van der Waals surface area contributed by atoms with E-state index in [0.717, 1.165) is 12.8 Å². The average molecular weight is 168 g/mol. The van der Waals surface area contributed by atoms with Gasteiger partial charge in [-0.2, -0.15) is 0 Å². The van der Waals surface area contributed by atoms with Gasteiger partial charge >= 0.3 is 5.97 Å². The summed E-state index contributed by atoms with van der Waals surface area (Å²) >= 11 is 0. The number of rotatable bonds is 2. The van der Waals surface area contributed by atoms with E-state index in [1.54, 1.807) is 6.08 Å². The van der Waals surface area contributed by atoms with Gasteiger partial charge in [0.2, 0.25) is 0 Å². The molecule has 0 radical (unpaired) electrons. The maximum absolute atomic E-state index is 10.9. The lowest BCUT2D eigenvalue weighted by atomic mass is 10.00. The molecule has 0 spiro atoms. The van der Waals surface area contributed by atoms with Gasteiger partial charge in [-0.05, 0) is 31.6 Å². The minimum Gasteiger partial charge on any atom is -0.466 e. The Morgan fingerprint density at radius 2 is 2.50 bits per heavy atom. The molecular formula is C10H16O2.